The Kier molecular flexibility index (Phi) is 2.70. The average Bonchev–Trinajstić information content (AvgIpc) is 2.19. The van der Waals surface area contributed by atoms with E-state index in [1.807, 2.05) is 25.1 Å². The third-order valence-corrected chi connectivity index (χ3v) is 2.60. The van der Waals surface area contributed by atoms with Crippen LogP contribution < -0.4 is 10.6 Å². The van der Waals surface area contributed by atoms with Crippen LogP contribution in [0.4, 0.5) is 0 Å². The van der Waals surface area contributed by atoms with Crippen LogP contribution in [0.5, 0.6) is 5.75 Å². The molecule has 0 spiro atoms. The fourth-order valence-electron chi connectivity index (χ4n) is 1.82. The second kappa shape index (κ2) is 3.98. The van der Waals surface area contributed by atoms with Crippen LogP contribution in [0.25, 0.3) is 0 Å². The van der Waals surface area contributed by atoms with Crippen molar-refractivity contribution in [3.63, 3.8) is 0 Å². The molecule has 3 heteroatoms. The highest BCUT2D eigenvalue weighted by Gasteiger charge is 2.16. The number of aryl methyl sites for hydroxylation is 1. The number of benzene rings is 1. The zero-order valence-corrected chi connectivity index (χ0v) is 8.38. The van der Waals surface area contributed by atoms with E-state index in [0.29, 0.717) is 5.75 Å². The SMILES string of the molecule is Cc1ccc(C2CNCCN2)c(O)c1. The fourth-order valence-corrected chi connectivity index (χ4v) is 1.82. The monoisotopic (exact) mass is 192 g/mol. The van der Waals surface area contributed by atoms with Gasteiger partial charge in [0.1, 0.15) is 5.75 Å². The first-order valence-corrected chi connectivity index (χ1v) is 5.01. The van der Waals surface area contributed by atoms with Crippen molar-refractivity contribution in [2.24, 2.45) is 0 Å². The van der Waals surface area contributed by atoms with Crippen LogP contribution in [0.15, 0.2) is 18.2 Å². The van der Waals surface area contributed by atoms with Gasteiger partial charge >= 0.3 is 0 Å². The highest BCUT2D eigenvalue weighted by Crippen LogP contribution is 2.25. The molecule has 1 aliphatic heterocycles. The van der Waals surface area contributed by atoms with E-state index in [2.05, 4.69) is 10.6 Å². The molecule has 1 aromatic carbocycles. The van der Waals surface area contributed by atoms with Gasteiger partial charge in [-0.1, -0.05) is 12.1 Å². The summed E-state index contributed by atoms with van der Waals surface area (Å²) in [6.07, 6.45) is 0. The van der Waals surface area contributed by atoms with Crippen molar-refractivity contribution in [1.82, 2.24) is 10.6 Å². The lowest BCUT2D eigenvalue weighted by molar-refractivity contribution is 0.404. The van der Waals surface area contributed by atoms with E-state index < -0.39 is 0 Å². The number of phenols is 1. The first kappa shape index (κ1) is 9.49. The van der Waals surface area contributed by atoms with Gasteiger partial charge in [-0.2, -0.15) is 0 Å². The zero-order chi connectivity index (χ0) is 9.97. The minimum atomic E-state index is 0.240. The van der Waals surface area contributed by atoms with Gasteiger partial charge in [0.15, 0.2) is 0 Å². The van der Waals surface area contributed by atoms with Crippen LogP contribution in [0, 0.1) is 6.92 Å². The standard InChI is InChI=1S/C11H16N2O/c1-8-2-3-9(11(14)6-8)10-7-12-4-5-13-10/h2-3,6,10,12-14H,4-5,7H2,1H3. The van der Waals surface area contributed by atoms with E-state index in [1.165, 1.54) is 0 Å². The largest absolute Gasteiger partial charge is 0.508 e. The topological polar surface area (TPSA) is 44.3 Å². The predicted octanol–water partition coefficient (Wildman–Crippen LogP) is 0.935. The van der Waals surface area contributed by atoms with Crippen molar-refractivity contribution >= 4 is 0 Å². The van der Waals surface area contributed by atoms with E-state index >= 15 is 0 Å². The van der Waals surface area contributed by atoms with Gasteiger partial charge in [0, 0.05) is 31.2 Å². The van der Waals surface area contributed by atoms with E-state index in [-0.39, 0.29) is 6.04 Å². The van der Waals surface area contributed by atoms with Gasteiger partial charge in [-0.15, -0.1) is 0 Å². The maximum Gasteiger partial charge on any atom is 0.120 e. The minimum Gasteiger partial charge on any atom is -0.508 e. The van der Waals surface area contributed by atoms with Crippen LogP contribution in [0.2, 0.25) is 0 Å². The molecule has 0 amide bonds. The number of nitrogens with one attached hydrogen (secondary N) is 2. The molecule has 0 radical (unpaired) electrons. The summed E-state index contributed by atoms with van der Waals surface area (Å²) in [5.41, 5.74) is 2.08. The maximum absolute atomic E-state index is 9.78. The first-order valence-electron chi connectivity index (χ1n) is 5.01. The highest BCUT2D eigenvalue weighted by molar-refractivity contribution is 5.38. The summed E-state index contributed by atoms with van der Waals surface area (Å²) in [5.74, 6) is 0.395. The Labute approximate surface area is 84.1 Å². The molecule has 1 unspecified atom stereocenters. The second-order valence-electron chi connectivity index (χ2n) is 3.77. The van der Waals surface area contributed by atoms with Crippen LogP contribution in [0.1, 0.15) is 17.2 Å². The maximum atomic E-state index is 9.78. The second-order valence-corrected chi connectivity index (χ2v) is 3.77. The molecule has 0 aliphatic carbocycles. The summed E-state index contributed by atoms with van der Waals surface area (Å²) < 4.78 is 0. The Morgan fingerprint density at radius 1 is 1.36 bits per heavy atom. The molecule has 0 saturated carbocycles. The Balaban J connectivity index is 2.22. The molecule has 3 nitrogen and oxygen atoms in total. The van der Waals surface area contributed by atoms with Crippen molar-refractivity contribution in [2.75, 3.05) is 19.6 Å². The third kappa shape index (κ3) is 1.89. The number of hydrogen-bond donors (Lipinski definition) is 3. The number of piperazine rings is 1. The van der Waals surface area contributed by atoms with Crippen molar-refractivity contribution in [3.8, 4) is 5.75 Å². The van der Waals surface area contributed by atoms with Crippen molar-refractivity contribution in [2.45, 2.75) is 13.0 Å². The van der Waals surface area contributed by atoms with Gasteiger partial charge in [-0.25, -0.2) is 0 Å². The summed E-state index contributed by atoms with van der Waals surface area (Å²) in [4.78, 5) is 0. The first-order chi connectivity index (χ1) is 6.77. The Morgan fingerprint density at radius 2 is 2.21 bits per heavy atom. The summed E-state index contributed by atoms with van der Waals surface area (Å²) in [7, 11) is 0. The van der Waals surface area contributed by atoms with Crippen molar-refractivity contribution in [1.29, 1.82) is 0 Å². The van der Waals surface area contributed by atoms with Gasteiger partial charge in [0.05, 0.1) is 0 Å². The van der Waals surface area contributed by atoms with Crippen molar-refractivity contribution < 1.29 is 5.11 Å². The average molecular weight is 192 g/mol. The quantitative estimate of drug-likeness (QED) is 0.620. The molecule has 0 bridgehead atoms. The lowest BCUT2D eigenvalue weighted by atomic mass is 10.0. The highest BCUT2D eigenvalue weighted by atomic mass is 16.3. The minimum absolute atomic E-state index is 0.240. The van der Waals surface area contributed by atoms with Crippen LogP contribution in [0.3, 0.4) is 0 Å². The van der Waals surface area contributed by atoms with Crippen LogP contribution >= 0.6 is 0 Å². The van der Waals surface area contributed by atoms with E-state index in [1.54, 1.807) is 0 Å². The van der Waals surface area contributed by atoms with Gasteiger partial charge in [-0.3, -0.25) is 0 Å². The number of aromatic hydroxyl groups is 1. The summed E-state index contributed by atoms with van der Waals surface area (Å²) in [6, 6.07) is 6.08. The lowest BCUT2D eigenvalue weighted by Crippen LogP contribution is -2.42. The Bertz CT molecular complexity index is 319. The van der Waals surface area contributed by atoms with Gasteiger partial charge in [0.25, 0.3) is 0 Å². The Morgan fingerprint density at radius 3 is 2.86 bits per heavy atom. The van der Waals surface area contributed by atoms with Crippen molar-refractivity contribution in [3.05, 3.63) is 29.3 Å². The molecule has 1 fully saturated rings. The van der Waals surface area contributed by atoms with Gasteiger partial charge in [-0.05, 0) is 18.6 Å². The molecule has 0 aromatic heterocycles. The van der Waals surface area contributed by atoms with E-state index in [9.17, 15) is 5.11 Å². The lowest BCUT2D eigenvalue weighted by Gasteiger charge is -2.25. The molecule has 14 heavy (non-hydrogen) atoms. The molecule has 76 valence electrons. The van der Waals surface area contributed by atoms with E-state index in [0.717, 1.165) is 30.8 Å². The van der Waals surface area contributed by atoms with Gasteiger partial charge < -0.3 is 15.7 Å². The van der Waals surface area contributed by atoms with Crippen LogP contribution in [-0.4, -0.2) is 24.7 Å². The molecule has 1 aliphatic rings. The summed E-state index contributed by atoms with van der Waals surface area (Å²) in [5, 5.41) is 16.5. The molecule has 1 heterocycles. The zero-order valence-electron chi connectivity index (χ0n) is 8.38. The molecule has 1 aromatic rings. The smallest absolute Gasteiger partial charge is 0.120 e. The normalized spacial score (nSPS) is 22.2. The van der Waals surface area contributed by atoms with Crippen LogP contribution in [-0.2, 0) is 0 Å². The predicted molar refractivity (Wildman–Crippen MR) is 56.5 cm³/mol. The number of rotatable bonds is 1. The molecule has 3 N–H and O–H groups in total. The van der Waals surface area contributed by atoms with E-state index in [4.69, 9.17) is 0 Å². The van der Waals surface area contributed by atoms with Gasteiger partial charge in [0.2, 0.25) is 0 Å². The summed E-state index contributed by atoms with van der Waals surface area (Å²) >= 11 is 0. The summed E-state index contributed by atoms with van der Waals surface area (Å²) in [6.45, 7) is 4.83. The third-order valence-electron chi connectivity index (χ3n) is 2.60. The molecule has 2 rings (SSSR count). The number of phenolic OH excluding ortho intramolecular Hbond substituents is 1. The molecular formula is C11H16N2O. The fraction of sp³-hybridized carbons (Fsp3) is 0.455. The molecular weight excluding hydrogens is 176 g/mol. The number of hydrogen-bond acceptors (Lipinski definition) is 3. The molecule has 1 saturated heterocycles. The molecule has 1 atom stereocenters. The Hall–Kier alpha value is -1.06.